The highest BCUT2D eigenvalue weighted by Gasteiger charge is 2.19. The number of nitrogens with one attached hydrogen (secondary N) is 2. The van der Waals surface area contributed by atoms with E-state index in [2.05, 4.69) is 30.6 Å². The number of pyridine rings is 1. The lowest BCUT2D eigenvalue weighted by atomic mass is 10.1. The van der Waals surface area contributed by atoms with Crippen molar-refractivity contribution in [2.45, 2.75) is 6.92 Å². The topological polar surface area (TPSA) is 101 Å². The highest BCUT2D eigenvalue weighted by molar-refractivity contribution is 6.13. The lowest BCUT2D eigenvalue weighted by molar-refractivity contribution is 0.102. The van der Waals surface area contributed by atoms with Gasteiger partial charge in [0.1, 0.15) is 5.52 Å². The molecule has 0 spiro atoms. The van der Waals surface area contributed by atoms with Crippen molar-refractivity contribution in [3.8, 4) is 0 Å². The average molecular weight is 369 g/mol. The molecule has 0 aliphatic carbocycles. The van der Waals surface area contributed by atoms with E-state index in [1.54, 1.807) is 23.0 Å². The van der Waals surface area contributed by atoms with E-state index < -0.39 is 0 Å². The first-order chi connectivity index (χ1) is 13.7. The first kappa shape index (κ1) is 16.1. The number of aromatic nitrogens is 6. The molecule has 0 saturated carbocycles. The van der Waals surface area contributed by atoms with Gasteiger partial charge in [0.2, 0.25) is 11.6 Å². The minimum atomic E-state index is -0.291. The zero-order valence-corrected chi connectivity index (χ0v) is 14.9. The molecule has 0 bridgehead atoms. The van der Waals surface area contributed by atoms with Gasteiger partial charge in [-0.05, 0) is 31.2 Å². The molecule has 0 unspecified atom stereocenters. The van der Waals surface area contributed by atoms with Crippen LogP contribution in [0.4, 0.5) is 11.6 Å². The van der Waals surface area contributed by atoms with Gasteiger partial charge >= 0.3 is 0 Å². The second kappa shape index (κ2) is 6.27. The molecular formula is C20H15N7O. The van der Waals surface area contributed by atoms with Crippen molar-refractivity contribution < 1.29 is 4.79 Å². The van der Waals surface area contributed by atoms with E-state index in [4.69, 9.17) is 0 Å². The maximum atomic E-state index is 13.2. The zero-order chi connectivity index (χ0) is 19.1. The molecule has 4 heterocycles. The summed E-state index contributed by atoms with van der Waals surface area (Å²) >= 11 is 0. The number of hydrogen-bond donors (Lipinski definition) is 2. The van der Waals surface area contributed by atoms with Gasteiger partial charge in [-0.15, -0.1) is 5.10 Å². The number of H-pyrrole nitrogens is 1. The van der Waals surface area contributed by atoms with Crippen molar-refractivity contribution in [1.29, 1.82) is 0 Å². The minimum absolute atomic E-state index is 0.0802. The molecule has 0 amide bonds. The number of carbonyl (C=O) groups is 1. The smallest absolute Gasteiger partial charge is 0.234 e. The third-order valence-electron chi connectivity index (χ3n) is 4.42. The van der Waals surface area contributed by atoms with Crippen LogP contribution < -0.4 is 5.32 Å². The van der Waals surface area contributed by atoms with Crippen molar-refractivity contribution in [1.82, 2.24) is 29.8 Å². The molecule has 136 valence electrons. The molecule has 0 aliphatic heterocycles. The van der Waals surface area contributed by atoms with Crippen molar-refractivity contribution in [2.24, 2.45) is 0 Å². The van der Waals surface area contributed by atoms with Gasteiger partial charge in [-0.1, -0.05) is 18.2 Å². The largest absolute Gasteiger partial charge is 0.322 e. The Morgan fingerprint density at radius 3 is 2.89 bits per heavy atom. The number of para-hydroxylation sites is 1. The van der Waals surface area contributed by atoms with Crippen molar-refractivity contribution in [3.05, 3.63) is 78.0 Å². The molecule has 8 nitrogen and oxygen atoms in total. The standard InChI is InChI=1S/C20H15N7O/c1-12-11-16(25-24-12)22-19-15-8-4-10-27(15)26-20(23-19)18(28)14-7-2-5-13-6-3-9-21-17(13)14/h2-11H,1H3,(H2,22,23,24,25,26). The van der Waals surface area contributed by atoms with E-state index in [-0.39, 0.29) is 11.6 Å². The average Bonchev–Trinajstić information content (AvgIpc) is 3.35. The molecule has 5 rings (SSSR count). The molecule has 5 aromatic rings. The Balaban J connectivity index is 1.63. The number of fused-ring (bicyclic) bond motifs is 2. The number of anilines is 2. The minimum Gasteiger partial charge on any atom is -0.322 e. The van der Waals surface area contributed by atoms with E-state index in [0.29, 0.717) is 22.7 Å². The molecule has 0 saturated heterocycles. The molecule has 28 heavy (non-hydrogen) atoms. The summed E-state index contributed by atoms with van der Waals surface area (Å²) in [7, 11) is 0. The van der Waals surface area contributed by atoms with Crippen LogP contribution in [0.25, 0.3) is 16.4 Å². The van der Waals surface area contributed by atoms with Crippen LogP contribution in [0.5, 0.6) is 0 Å². The highest BCUT2D eigenvalue weighted by atomic mass is 16.1. The van der Waals surface area contributed by atoms with Crippen LogP contribution in [0.3, 0.4) is 0 Å². The number of aryl methyl sites for hydroxylation is 1. The summed E-state index contributed by atoms with van der Waals surface area (Å²) in [6.07, 6.45) is 3.44. The van der Waals surface area contributed by atoms with Gasteiger partial charge in [0.25, 0.3) is 0 Å². The quantitative estimate of drug-likeness (QED) is 0.472. The van der Waals surface area contributed by atoms with Crippen LogP contribution in [-0.4, -0.2) is 35.6 Å². The van der Waals surface area contributed by atoms with Crippen molar-refractivity contribution >= 4 is 33.8 Å². The third-order valence-corrected chi connectivity index (χ3v) is 4.42. The van der Waals surface area contributed by atoms with Gasteiger partial charge in [-0.2, -0.15) is 5.10 Å². The maximum Gasteiger partial charge on any atom is 0.234 e. The summed E-state index contributed by atoms with van der Waals surface area (Å²) in [5.41, 5.74) is 2.75. The molecule has 0 radical (unpaired) electrons. The number of aromatic amines is 1. The Kier molecular flexibility index (Phi) is 3.61. The van der Waals surface area contributed by atoms with E-state index in [1.165, 1.54) is 0 Å². The molecule has 8 heteroatoms. The molecule has 0 atom stereocenters. The fourth-order valence-corrected chi connectivity index (χ4v) is 3.13. The van der Waals surface area contributed by atoms with Crippen LogP contribution in [0, 0.1) is 6.92 Å². The summed E-state index contributed by atoms with van der Waals surface area (Å²) in [6, 6.07) is 14.8. The number of benzene rings is 1. The van der Waals surface area contributed by atoms with Gasteiger partial charge in [0, 0.05) is 29.5 Å². The van der Waals surface area contributed by atoms with Gasteiger partial charge in [-0.25, -0.2) is 9.50 Å². The first-order valence-electron chi connectivity index (χ1n) is 8.72. The van der Waals surface area contributed by atoms with Crippen molar-refractivity contribution in [3.63, 3.8) is 0 Å². The summed E-state index contributed by atoms with van der Waals surface area (Å²) in [5, 5.41) is 15.5. The fraction of sp³-hybridized carbons (Fsp3) is 0.0500. The van der Waals surface area contributed by atoms with Crippen LogP contribution in [0.15, 0.2) is 60.9 Å². The van der Waals surface area contributed by atoms with Crippen LogP contribution in [0.2, 0.25) is 0 Å². The van der Waals surface area contributed by atoms with Gasteiger partial charge < -0.3 is 5.32 Å². The number of hydrogen-bond acceptors (Lipinski definition) is 6. The SMILES string of the molecule is Cc1cc(Nc2nc(C(=O)c3cccc4cccnc34)nn3cccc23)n[nH]1. The number of rotatable bonds is 4. The Hall–Kier alpha value is -4.07. The molecule has 4 aromatic heterocycles. The number of nitrogens with zero attached hydrogens (tertiary/aromatic N) is 5. The Bertz CT molecular complexity index is 1330. The van der Waals surface area contributed by atoms with Gasteiger partial charge in [0.05, 0.1) is 11.1 Å². The number of carbonyl (C=O) groups excluding carboxylic acids is 1. The Labute approximate surface area is 159 Å². The predicted octanol–water partition coefficient (Wildman–Crippen LogP) is 3.28. The lowest BCUT2D eigenvalue weighted by Gasteiger charge is -2.08. The highest BCUT2D eigenvalue weighted by Crippen LogP contribution is 2.22. The number of ketones is 1. The maximum absolute atomic E-state index is 13.2. The molecule has 1 aromatic carbocycles. The summed E-state index contributed by atoms with van der Waals surface area (Å²) < 4.78 is 1.63. The van der Waals surface area contributed by atoms with E-state index >= 15 is 0 Å². The van der Waals surface area contributed by atoms with E-state index in [9.17, 15) is 4.79 Å². The summed E-state index contributed by atoms with van der Waals surface area (Å²) in [4.78, 5) is 22.1. The second-order valence-electron chi connectivity index (χ2n) is 6.39. The van der Waals surface area contributed by atoms with Gasteiger partial charge in [0.15, 0.2) is 11.6 Å². The normalized spacial score (nSPS) is 11.2. The molecule has 2 N–H and O–H groups in total. The Morgan fingerprint density at radius 2 is 2.04 bits per heavy atom. The van der Waals surface area contributed by atoms with Crippen LogP contribution >= 0.6 is 0 Å². The zero-order valence-electron chi connectivity index (χ0n) is 14.9. The van der Waals surface area contributed by atoms with E-state index in [1.807, 2.05) is 49.4 Å². The van der Waals surface area contributed by atoms with Crippen molar-refractivity contribution in [2.75, 3.05) is 5.32 Å². The fourth-order valence-electron chi connectivity index (χ4n) is 3.13. The third kappa shape index (κ3) is 2.67. The first-order valence-corrected chi connectivity index (χ1v) is 8.72. The predicted molar refractivity (Wildman–Crippen MR) is 105 cm³/mol. The lowest BCUT2D eigenvalue weighted by Crippen LogP contribution is -2.13. The monoisotopic (exact) mass is 369 g/mol. The molecular weight excluding hydrogens is 354 g/mol. The summed E-state index contributed by atoms with van der Waals surface area (Å²) in [6.45, 7) is 1.91. The molecule has 0 fully saturated rings. The van der Waals surface area contributed by atoms with Crippen LogP contribution in [-0.2, 0) is 0 Å². The van der Waals surface area contributed by atoms with Crippen LogP contribution in [0.1, 0.15) is 21.9 Å². The van der Waals surface area contributed by atoms with E-state index in [0.717, 1.165) is 16.6 Å². The summed E-state index contributed by atoms with van der Waals surface area (Å²) in [5.74, 6) is 0.908. The molecule has 0 aliphatic rings. The second-order valence-corrected chi connectivity index (χ2v) is 6.39. The Morgan fingerprint density at radius 1 is 1.14 bits per heavy atom. The van der Waals surface area contributed by atoms with Gasteiger partial charge in [-0.3, -0.25) is 14.9 Å².